The number of benzene rings is 1. The average molecular weight is 435 g/mol. The molecule has 0 aliphatic carbocycles. The third-order valence-corrected chi connectivity index (χ3v) is 5.79. The predicted octanol–water partition coefficient (Wildman–Crippen LogP) is 3.92. The Balaban J connectivity index is 1.78. The van der Waals surface area contributed by atoms with Crippen molar-refractivity contribution in [2.75, 3.05) is 29.5 Å². The molecule has 1 aromatic carbocycles. The number of pyridine rings is 1. The van der Waals surface area contributed by atoms with E-state index in [-0.39, 0.29) is 18.3 Å². The Bertz CT molecular complexity index is 939. The second kappa shape index (κ2) is 9.03. The van der Waals surface area contributed by atoms with E-state index in [0.29, 0.717) is 41.5 Å². The molecule has 0 saturated carbocycles. The fourth-order valence-corrected chi connectivity index (χ4v) is 3.62. The van der Waals surface area contributed by atoms with Gasteiger partial charge in [0.2, 0.25) is 5.91 Å². The molecule has 1 fully saturated rings. The van der Waals surface area contributed by atoms with Crippen LogP contribution in [-0.4, -0.2) is 24.0 Å². The third kappa shape index (κ3) is 5.39. The third-order valence-electron chi connectivity index (χ3n) is 5.79. The Morgan fingerprint density at radius 2 is 1.87 bits per heavy atom. The fourth-order valence-electron chi connectivity index (χ4n) is 3.62. The first kappa shape index (κ1) is 22.7. The van der Waals surface area contributed by atoms with E-state index < -0.39 is 17.8 Å². The predicted molar refractivity (Wildman–Crippen MR) is 115 cm³/mol. The number of nitrogens with one attached hydrogen (secondary N) is 1. The first-order valence-corrected chi connectivity index (χ1v) is 10.3. The van der Waals surface area contributed by atoms with E-state index in [0.717, 1.165) is 18.9 Å². The monoisotopic (exact) mass is 435 g/mol. The number of amides is 1. The lowest BCUT2D eigenvalue weighted by Crippen LogP contribution is -2.35. The Kier molecular flexibility index (Phi) is 6.62. The van der Waals surface area contributed by atoms with Gasteiger partial charge in [0.05, 0.1) is 17.3 Å². The van der Waals surface area contributed by atoms with Gasteiger partial charge < -0.3 is 21.7 Å². The van der Waals surface area contributed by atoms with Crippen LogP contribution in [-0.2, 0) is 17.5 Å². The molecule has 0 bridgehead atoms. The van der Waals surface area contributed by atoms with Gasteiger partial charge >= 0.3 is 6.18 Å². The lowest BCUT2D eigenvalue weighted by molar-refractivity contribution is -0.141. The Labute approximate surface area is 179 Å². The molecule has 1 amide bonds. The molecule has 1 aromatic heterocycles. The van der Waals surface area contributed by atoms with Crippen molar-refractivity contribution in [3.05, 3.63) is 47.2 Å². The summed E-state index contributed by atoms with van der Waals surface area (Å²) in [7, 11) is 0. The van der Waals surface area contributed by atoms with Gasteiger partial charge in [-0.2, -0.15) is 13.2 Å². The number of alkyl halides is 3. The van der Waals surface area contributed by atoms with Crippen LogP contribution in [0.3, 0.4) is 0 Å². The molecular weight excluding hydrogens is 407 g/mol. The molecule has 168 valence electrons. The summed E-state index contributed by atoms with van der Waals surface area (Å²) >= 11 is 0. The highest BCUT2D eigenvalue weighted by Gasteiger charge is 2.34. The van der Waals surface area contributed by atoms with Gasteiger partial charge in [0.15, 0.2) is 0 Å². The number of nitrogens with two attached hydrogens (primary N) is 2. The zero-order chi connectivity index (χ0) is 22.8. The maximum atomic E-state index is 13.2. The van der Waals surface area contributed by atoms with Gasteiger partial charge in [0, 0.05) is 25.2 Å². The van der Waals surface area contributed by atoms with Gasteiger partial charge in [0.1, 0.15) is 11.5 Å². The van der Waals surface area contributed by atoms with Gasteiger partial charge in [-0.25, -0.2) is 4.98 Å². The van der Waals surface area contributed by atoms with Crippen LogP contribution >= 0.6 is 0 Å². The summed E-state index contributed by atoms with van der Waals surface area (Å²) in [6.07, 6.45) is -2.75. The van der Waals surface area contributed by atoms with Crippen LogP contribution in [0.4, 0.5) is 30.4 Å². The van der Waals surface area contributed by atoms with Crippen LogP contribution in [0.2, 0.25) is 0 Å². The first-order chi connectivity index (χ1) is 14.6. The number of halogens is 3. The van der Waals surface area contributed by atoms with Gasteiger partial charge in [-0.05, 0) is 49.4 Å². The molecular formula is C22H28F3N5O. The Hall–Kier alpha value is -2.97. The largest absolute Gasteiger partial charge is 0.433 e. The number of nitrogens with zero attached hydrogens (tertiary/aromatic N) is 2. The van der Waals surface area contributed by atoms with Crippen molar-refractivity contribution in [3.63, 3.8) is 0 Å². The van der Waals surface area contributed by atoms with Crippen molar-refractivity contribution < 1.29 is 18.0 Å². The van der Waals surface area contributed by atoms with Gasteiger partial charge in [-0.1, -0.05) is 19.1 Å². The van der Waals surface area contributed by atoms with Crippen molar-refractivity contribution in [2.24, 2.45) is 5.92 Å². The van der Waals surface area contributed by atoms with Crippen LogP contribution in [0.25, 0.3) is 0 Å². The quantitative estimate of drug-likeness (QED) is 0.619. The smallest absolute Gasteiger partial charge is 0.397 e. The molecule has 0 spiro atoms. The number of carbonyl (C=O) groups excluding carboxylic acids is 1. The summed E-state index contributed by atoms with van der Waals surface area (Å²) in [5.41, 5.74) is 12.7. The molecule has 2 heterocycles. The SMILES string of the molecule is CC1CCN(c2nc(C(F)(F)F)ccc2CNC(=O)C(C)c2ccc(N)c(N)c2)CC1. The van der Waals surface area contributed by atoms with Crippen LogP contribution in [0.15, 0.2) is 30.3 Å². The zero-order valence-corrected chi connectivity index (χ0v) is 17.7. The first-order valence-electron chi connectivity index (χ1n) is 10.3. The van der Waals surface area contributed by atoms with Crippen molar-refractivity contribution in [1.29, 1.82) is 0 Å². The molecule has 1 unspecified atom stereocenters. The van der Waals surface area contributed by atoms with Gasteiger partial charge in [-0.15, -0.1) is 0 Å². The molecule has 0 radical (unpaired) electrons. The number of rotatable bonds is 5. The van der Waals surface area contributed by atoms with E-state index in [9.17, 15) is 18.0 Å². The van der Waals surface area contributed by atoms with E-state index in [1.807, 2.05) is 4.90 Å². The number of piperidine rings is 1. The number of hydrogen-bond acceptors (Lipinski definition) is 5. The van der Waals surface area contributed by atoms with Crippen LogP contribution in [0, 0.1) is 5.92 Å². The summed E-state index contributed by atoms with van der Waals surface area (Å²) < 4.78 is 39.7. The summed E-state index contributed by atoms with van der Waals surface area (Å²) in [4.78, 5) is 18.5. The number of nitrogen functional groups attached to an aromatic ring is 2. The fraction of sp³-hybridized carbons (Fsp3) is 0.455. The lowest BCUT2D eigenvalue weighted by Gasteiger charge is -2.33. The zero-order valence-electron chi connectivity index (χ0n) is 17.7. The molecule has 1 saturated heterocycles. The van der Waals surface area contributed by atoms with Crippen molar-refractivity contribution >= 4 is 23.1 Å². The maximum Gasteiger partial charge on any atom is 0.433 e. The van der Waals surface area contributed by atoms with E-state index >= 15 is 0 Å². The van der Waals surface area contributed by atoms with E-state index in [1.54, 1.807) is 25.1 Å². The molecule has 2 aromatic rings. The molecule has 3 rings (SSSR count). The number of hydrogen-bond donors (Lipinski definition) is 3. The number of anilines is 3. The van der Waals surface area contributed by atoms with Crippen LogP contribution < -0.4 is 21.7 Å². The average Bonchev–Trinajstić information content (AvgIpc) is 2.73. The topological polar surface area (TPSA) is 97.3 Å². The summed E-state index contributed by atoms with van der Waals surface area (Å²) in [5, 5.41) is 2.82. The summed E-state index contributed by atoms with van der Waals surface area (Å²) in [6.45, 7) is 5.22. The summed E-state index contributed by atoms with van der Waals surface area (Å²) in [6, 6.07) is 7.39. The molecule has 1 aliphatic rings. The normalized spacial score (nSPS) is 16.2. The molecule has 9 heteroatoms. The molecule has 1 aliphatic heterocycles. The number of aromatic nitrogens is 1. The highest BCUT2D eigenvalue weighted by atomic mass is 19.4. The van der Waals surface area contributed by atoms with Crippen molar-refractivity contribution in [3.8, 4) is 0 Å². The minimum Gasteiger partial charge on any atom is -0.397 e. The minimum atomic E-state index is -4.52. The Morgan fingerprint density at radius 1 is 1.19 bits per heavy atom. The summed E-state index contributed by atoms with van der Waals surface area (Å²) in [5.74, 6) is 0.0525. The highest BCUT2D eigenvalue weighted by molar-refractivity contribution is 5.84. The maximum absolute atomic E-state index is 13.2. The molecule has 1 atom stereocenters. The molecule has 6 nitrogen and oxygen atoms in total. The molecule has 31 heavy (non-hydrogen) atoms. The minimum absolute atomic E-state index is 0.0835. The van der Waals surface area contributed by atoms with E-state index in [2.05, 4.69) is 17.2 Å². The Morgan fingerprint density at radius 3 is 2.48 bits per heavy atom. The van der Waals surface area contributed by atoms with E-state index in [4.69, 9.17) is 11.5 Å². The second-order valence-corrected chi connectivity index (χ2v) is 8.17. The number of carbonyl (C=O) groups is 1. The molecule has 5 N–H and O–H groups in total. The van der Waals surface area contributed by atoms with Gasteiger partial charge in [-0.3, -0.25) is 4.79 Å². The van der Waals surface area contributed by atoms with Gasteiger partial charge in [0.25, 0.3) is 0 Å². The second-order valence-electron chi connectivity index (χ2n) is 8.17. The highest BCUT2D eigenvalue weighted by Crippen LogP contribution is 2.32. The van der Waals surface area contributed by atoms with Crippen LogP contribution in [0.1, 0.15) is 49.4 Å². The van der Waals surface area contributed by atoms with E-state index in [1.165, 1.54) is 6.07 Å². The van der Waals surface area contributed by atoms with Crippen molar-refractivity contribution in [2.45, 2.75) is 45.3 Å². The lowest BCUT2D eigenvalue weighted by atomic mass is 9.98. The van der Waals surface area contributed by atoms with Crippen LogP contribution in [0.5, 0.6) is 0 Å². The van der Waals surface area contributed by atoms with Crippen molar-refractivity contribution in [1.82, 2.24) is 10.3 Å². The standard InChI is InChI=1S/C22H28F3N5O/c1-13-7-9-30(10-8-13)20-16(4-6-19(29-20)22(23,24)25)12-28-21(31)14(2)15-3-5-17(26)18(27)11-15/h3-6,11,13-14H,7-10,12,26-27H2,1-2H3,(H,28,31).